The molecule has 1 aliphatic heterocycles. The van der Waals surface area contributed by atoms with Crippen molar-refractivity contribution in [1.29, 1.82) is 0 Å². The largest absolute Gasteiger partial charge is 0.493 e. The number of benzene rings is 1. The van der Waals surface area contributed by atoms with Gasteiger partial charge in [-0.2, -0.15) is 0 Å². The number of hydrogen-bond acceptors (Lipinski definition) is 3. The lowest BCUT2D eigenvalue weighted by atomic mass is 9.89. The minimum Gasteiger partial charge on any atom is -0.493 e. The first kappa shape index (κ1) is 16.1. The van der Waals surface area contributed by atoms with Gasteiger partial charge in [-0.3, -0.25) is 4.39 Å². The second kappa shape index (κ2) is 7.12. The average Bonchev–Trinajstić information content (AvgIpc) is 2.43. The van der Waals surface area contributed by atoms with Crippen molar-refractivity contribution in [2.75, 3.05) is 19.8 Å². The smallest absolute Gasteiger partial charge is 0.128 e. The normalized spacial score (nSPS) is 19.7. The van der Waals surface area contributed by atoms with Gasteiger partial charge in [-0.25, -0.2) is 0 Å². The van der Waals surface area contributed by atoms with Crippen molar-refractivity contribution in [3.05, 3.63) is 23.8 Å². The summed E-state index contributed by atoms with van der Waals surface area (Å²) in [6.07, 6.45) is 2.48. The molecule has 0 amide bonds. The Morgan fingerprint density at radius 1 is 1.43 bits per heavy atom. The highest BCUT2D eigenvalue weighted by atomic mass is 19.1. The summed E-state index contributed by atoms with van der Waals surface area (Å²) in [4.78, 5) is 0. The highest BCUT2D eigenvalue weighted by molar-refractivity contribution is 5.44. The lowest BCUT2D eigenvalue weighted by molar-refractivity contribution is 0.0657. The maximum Gasteiger partial charge on any atom is 0.128 e. The maximum absolute atomic E-state index is 12.1. The maximum atomic E-state index is 12.1. The zero-order chi connectivity index (χ0) is 15.3. The van der Waals surface area contributed by atoms with Crippen molar-refractivity contribution < 1.29 is 13.9 Å². The third kappa shape index (κ3) is 4.34. The Kier molecular flexibility index (Phi) is 5.45. The summed E-state index contributed by atoms with van der Waals surface area (Å²) in [6.45, 7) is 7.42. The number of nitrogens with one attached hydrogen (secondary N) is 1. The van der Waals surface area contributed by atoms with Gasteiger partial charge in [-0.1, -0.05) is 13.0 Å². The molecule has 1 aliphatic rings. The average molecular weight is 295 g/mol. The minimum absolute atomic E-state index is 0.198. The minimum atomic E-state index is -0.350. The highest BCUT2D eigenvalue weighted by Gasteiger charge is 2.33. The molecule has 1 unspecified atom stereocenters. The van der Waals surface area contributed by atoms with Crippen LogP contribution in [-0.2, 0) is 0 Å². The molecule has 0 fully saturated rings. The molecule has 21 heavy (non-hydrogen) atoms. The van der Waals surface area contributed by atoms with Crippen molar-refractivity contribution in [1.82, 2.24) is 5.32 Å². The molecule has 0 aromatic heterocycles. The van der Waals surface area contributed by atoms with E-state index >= 15 is 0 Å². The topological polar surface area (TPSA) is 30.5 Å². The summed E-state index contributed by atoms with van der Waals surface area (Å²) in [5.74, 6) is 1.62. The van der Waals surface area contributed by atoms with Crippen LogP contribution in [0, 0.1) is 0 Å². The van der Waals surface area contributed by atoms with Crippen molar-refractivity contribution in [2.24, 2.45) is 0 Å². The van der Waals surface area contributed by atoms with Gasteiger partial charge in [0.25, 0.3) is 0 Å². The van der Waals surface area contributed by atoms with E-state index in [2.05, 4.69) is 32.2 Å². The van der Waals surface area contributed by atoms with E-state index in [1.54, 1.807) is 0 Å². The van der Waals surface area contributed by atoms with Gasteiger partial charge in [0.15, 0.2) is 0 Å². The van der Waals surface area contributed by atoms with Crippen LogP contribution in [0.2, 0.25) is 0 Å². The van der Waals surface area contributed by atoms with E-state index < -0.39 is 0 Å². The molecule has 0 bridgehead atoms. The summed E-state index contributed by atoms with van der Waals surface area (Å²) in [7, 11) is 0. The predicted molar refractivity (Wildman–Crippen MR) is 82.9 cm³/mol. The molecule has 0 spiro atoms. The predicted octanol–water partition coefficient (Wildman–Crippen LogP) is 4.03. The molecule has 1 atom stereocenters. The van der Waals surface area contributed by atoms with Crippen LogP contribution in [0.3, 0.4) is 0 Å². The van der Waals surface area contributed by atoms with E-state index in [0.29, 0.717) is 19.1 Å². The van der Waals surface area contributed by atoms with E-state index in [1.165, 1.54) is 5.56 Å². The zero-order valence-corrected chi connectivity index (χ0v) is 13.2. The SMILES string of the molecule is CCCNC1CC(C)(C)Oc2cc(OCCCF)ccc21. The first-order chi connectivity index (χ1) is 10.1. The first-order valence-electron chi connectivity index (χ1n) is 7.81. The van der Waals surface area contributed by atoms with E-state index in [9.17, 15) is 4.39 Å². The van der Waals surface area contributed by atoms with Gasteiger partial charge in [0.2, 0.25) is 0 Å². The van der Waals surface area contributed by atoms with Crippen LogP contribution in [0.4, 0.5) is 4.39 Å². The van der Waals surface area contributed by atoms with Crippen LogP contribution in [0.15, 0.2) is 18.2 Å². The Hall–Kier alpha value is -1.29. The lowest BCUT2D eigenvalue weighted by Crippen LogP contribution is -2.39. The van der Waals surface area contributed by atoms with Gasteiger partial charge in [0.05, 0.1) is 13.3 Å². The van der Waals surface area contributed by atoms with Gasteiger partial charge >= 0.3 is 0 Å². The van der Waals surface area contributed by atoms with Crippen molar-refractivity contribution >= 4 is 0 Å². The van der Waals surface area contributed by atoms with Crippen LogP contribution in [0.5, 0.6) is 11.5 Å². The fourth-order valence-corrected chi connectivity index (χ4v) is 2.67. The number of ether oxygens (including phenoxy) is 2. The lowest BCUT2D eigenvalue weighted by Gasteiger charge is -2.38. The molecule has 1 N–H and O–H groups in total. The molecule has 3 nitrogen and oxygen atoms in total. The van der Waals surface area contributed by atoms with Crippen LogP contribution in [0.1, 0.15) is 51.6 Å². The summed E-state index contributed by atoms with van der Waals surface area (Å²) >= 11 is 0. The number of halogens is 1. The molecule has 0 aliphatic carbocycles. The standard InChI is InChI=1S/C17H26FNO2/c1-4-9-19-15-12-17(2,3)21-16-11-13(6-7-14(15)16)20-10-5-8-18/h6-7,11,15,19H,4-5,8-10,12H2,1-3H3. The molecular formula is C17H26FNO2. The summed E-state index contributed by atoms with van der Waals surface area (Å²) in [5.41, 5.74) is 0.983. The molecule has 4 heteroatoms. The number of fused-ring (bicyclic) bond motifs is 1. The van der Waals surface area contributed by atoms with E-state index in [0.717, 1.165) is 30.9 Å². The second-order valence-corrected chi connectivity index (χ2v) is 6.16. The van der Waals surface area contributed by atoms with Gasteiger partial charge in [0, 0.05) is 30.5 Å². The quantitative estimate of drug-likeness (QED) is 0.770. The van der Waals surface area contributed by atoms with Crippen LogP contribution in [0.25, 0.3) is 0 Å². The Balaban J connectivity index is 2.15. The van der Waals surface area contributed by atoms with Crippen LogP contribution in [-0.4, -0.2) is 25.4 Å². The van der Waals surface area contributed by atoms with Crippen LogP contribution >= 0.6 is 0 Å². The Morgan fingerprint density at radius 2 is 2.24 bits per heavy atom. The number of rotatable bonds is 7. The molecule has 2 rings (SSSR count). The highest BCUT2D eigenvalue weighted by Crippen LogP contribution is 2.41. The Bertz CT molecular complexity index is 462. The third-order valence-corrected chi connectivity index (χ3v) is 3.63. The van der Waals surface area contributed by atoms with Crippen molar-refractivity contribution in [3.63, 3.8) is 0 Å². The van der Waals surface area contributed by atoms with E-state index in [1.807, 2.05) is 12.1 Å². The summed E-state index contributed by atoms with van der Waals surface area (Å²) in [6, 6.07) is 6.24. The van der Waals surface area contributed by atoms with Gasteiger partial charge in [-0.05, 0) is 32.9 Å². The number of alkyl halides is 1. The monoisotopic (exact) mass is 295 g/mol. The van der Waals surface area contributed by atoms with Gasteiger partial charge < -0.3 is 14.8 Å². The molecule has 0 saturated heterocycles. The fourth-order valence-electron chi connectivity index (χ4n) is 2.67. The Labute approximate surface area is 126 Å². The second-order valence-electron chi connectivity index (χ2n) is 6.16. The Morgan fingerprint density at radius 3 is 2.95 bits per heavy atom. The first-order valence-corrected chi connectivity index (χ1v) is 7.81. The summed E-state index contributed by atoms with van der Waals surface area (Å²) < 4.78 is 23.8. The van der Waals surface area contributed by atoms with E-state index in [-0.39, 0.29) is 12.3 Å². The molecule has 1 heterocycles. The molecular weight excluding hydrogens is 269 g/mol. The fraction of sp³-hybridized carbons (Fsp3) is 0.647. The zero-order valence-electron chi connectivity index (χ0n) is 13.2. The van der Waals surface area contributed by atoms with Crippen molar-refractivity contribution in [2.45, 2.75) is 51.7 Å². The molecule has 0 radical (unpaired) electrons. The third-order valence-electron chi connectivity index (χ3n) is 3.63. The van der Waals surface area contributed by atoms with Gasteiger partial charge in [0.1, 0.15) is 17.1 Å². The summed E-state index contributed by atoms with van der Waals surface area (Å²) in [5, 5.41) is 3.58. The van der Waals surface area contributed by atoms with Crippen LogP contribution < -0.4 is 14.8 Å². The molecule has 118 valence electrons. The molecule has 1 aromatic rings. The number of hydrogen-bond donors (Lipinski definition) is 1. The van der Waals surface area contributed by atoms with E-state index in [4.69, 9.17) is 9.47 Å². The molecule has 0 saturated carbocycles. The van der Waals surface area contributed by atoms with Gasteiger partial charge in [-0.15, -0.1) is 0 Å². The molecule has 1 aromatic carbocycles. The van der Waals surface area contributed by atoms with Crippen molar-refractivity contribution in [3.8, 4) is 11.5 Å².